The maximum absolute atomic E-state index is 12.7. The van der Waals surface area contributed by atoms with Gasteiger partial charge in [-0.1, -0.05) is 18.2 Å². The van der Waals surface area contributed by atoms with Gasteiger partial charge in [-0.05, 0) is 31.0 Å². The maximum Gasteiger partial charge on any atom is 0.255 e. The third-order valence-corrected chi connectivity index (χ3v) is 4.88. The van der Waals surface area contributed by atoms with Crippen molar-refractivity contribution in [2.75, 3.05) is 19.7 Å². The van der Waals surface area contributed by atoms with E-state index in [2.05, 4.69) is 10.2 Å². The zero-order chi connectivity index (χ0) is 17.1. The molecule has 2 fully saturated rings. The fourth-order valence-corrected chi connectivity index (χ4v) is 3.73. The Morgan fingerprint density at radius 2 is 2.12 bits per heavy atom. The summed E-state index contributed by atoms with van der Waals surface area (Å²) in [7, 11) is 0. The van der Waals surface area contributed by atoms with Crippen molar-refractivity contribution in [3.63, 3.8) is 0 Å². The Kier molecular flexibility index (Phi) is 4.36. The molecule has 6 nitrogen and oxygen atoms in total. The van der Waals surface area contributed by atoms with Crippen LogP contribution in [0.4, 0.5) is 0 Å². The van der Waals surface area contributed by atoms with E-state index in [9.17, 15) is 4.79 Å². The first-order valence-electron chi connectivity index (χ1n) is 8.66. The largest absolute Gasteiger partial charge is 0.488 e. The van der Waals surface area contributed by atoms with Gasteiger partial charge in [0.15, 0.2) is 0 Å². The van der Waals surface area contributed by atoms with E-state index in [1.807, 2.05) is 35.2 Å². The van der Waals surface area contributed by atoms with Crippen LogP contribution >= 0.6 is 0 Å². The highest BCUT2D eigenvalue weighted by Crippen LogP contribution is 2.36. The van der Waals surface area contributed by atoms with Crippen molar-refractivity contribution in [3.8, 4) is 5.75 Å². The van der Waals surface area contributed by atoms with Crippen LogP contribution in [0.3, 0.4) is 0 Å². The molecule has 0 aliphatic carbocycles. The predicted molar refractivity (Wildman–Crippen MR) is 91.3 cm³/mol. The second kappa shape index (κ2) is 6.80. The number of hydrogen-bond acceptors (Lipinski definition) is 5. The fourth-order valence-electron chi connectivity index (χ4n) is 3.73. The lowest BCUT2D eigenvalue weighted by Gasteiger charge is -2.39. The van der Waals surface area contributed by atoms with Crippen LogP contribution in [0, 0.1) is 0 Å². The number of rotatable bonds is 3. The molecule has 1 spiro atoms. The van der Waals surface area contributed by atoms with Crippen molar-refractivity contribution < 1.29 is 14.3 Å². The van der Waals surface area contributed by atoms with E-state index in [1.54, 1.807) is 12.3 Å². The highest BCUT2D eigenvalue weighted by atomic mass is 16.6. The highest BCUT2D eigenvalue weighted by molar-refractivity contribution is 5.93. The van der Waals surface area contributed by atoms with Crippen LogP contribution in [-0.4, -0.2) is 52.4 Å². The summed E-state index contributed by atoms with van der Waals surface area (Å²) in [6, 6.07) is 11.5. The number of carbonyl (C=O) groups is 1. The van der Waals surface area contributed by atoms with Gasteiger partial charge in [-0.2, -0.15) is 10.2 Å². The van der Waals surface area contributed by atoms with Crippen molar-refractivity contribution in [2.24, 2.45) is 0 Å². The van der Waals surface area contributed by atoms with Crippen LogP contribution < -0.4 is 4.74 Å². The molecule has 0 radical (unpaired) electrons. The molecule has 2 aromatic rings. The minimum atomic E-state index is -0.298. The first kappa shape index (κ1) is 16.0. The molecule has 2 aliphatic rings. The Hall–Kier alpha value is -2.47. The molecule has 2 saturated heterocycles. The number of para-hydroxylation sites is 1. The molecule has 1 aromatic carbocycles. The van der Waals surface area contributed by atoms with Crippen LogP contribution in [0.2, 0.25) is 0 Å². The van der Waals surface area contributed by atoms with Crippen LogP contribution in [0.15, 0.2) is 48.8 Å². The van der Waals surface area contributed by atoms with Crippen LogP contribution in [0.1, 0.15) is 29.6 Å². The first-order chi connectivity index (χ1) is 12.2. The normalized spacial score (nSPS) is 25.9. The van der Waals surface area contributed by atoms with Gasteiger partial charge in [-0.3, -0.25) is 4.79 Å². The van der Waals surface area contributed by atoms with E-state index in [0.717, 1.165) is 31.6 Å². The molecular formula is C19H21N3O3. The maximum atomic E-state index is 12.7. The quantitative estimate of drug-likeness (QED) is 0.859. The van der Waals surface area contributed by atoms with Crippen LogP contribution in [0.5, 0.6) is 5.75 Å². The summed E-state index contributed by atoms with van der Waals surface area (Å²) in [5, 5.41) is 7.53. The molecule has 0 unspecified atom stereocenters. The van der Waals surface area contributed by atoms with E-state index < -0.39 is 0 Å². The number of piperidine rings is 1. The topological polar surface area (TPSA) is 64.6 Å². The zero-order valence-electron chi connectivity index (χ0n) is 14.0. The Bertz CT molecular complexity index is 725. The summed E-state index contributed by atoms with van der Waals surface area (Å²) >= 11 is 0. The molecule has 4 rings (SSSR count). The number of nitrogens with zero attached hydrogens (tertiary/aromatic N) is 3. The summed E-state index contributed by atoms with van der Waals surface area (Å²) < 4.78 is 12.2. The van der Waals surface area contributed by atoms with Crippen molar-refractivity contribution in [3.05, 3.63) is 54.4 Å². The van der Waals surface area contributed by atoms with Crippen LogP contribution in [0.25, 0.3) is 0 Å². The lowest BCUT2D eigenvalue weighted by molar-refractivity contribution is -0.0453. The van der Waals surface area contributed by atoms with E-state index in [0.29, 0.717) is 18.7 Å². The van der Waals surface area contributed by atoms with Gasteiger partial charge in [0.05, 0.1) is 36.7 Å². The van der Waals surface area contributed by atoms with E-state index in [4.69, 9.17) is 9.47 Å². The molecule has 6 heteroatoms. The molecule has 1 amide bonds. The summed E-state index contributed by atoms with van der Waals surface area (Å²) in [4.78, 5) is 14.6. The van der Waals surface area contributed by atoms with Gasteiger partial charge in [0.2, 0.25) is 0 Å². The number of amides is 1. The number of ether oxygens (including phenoxy) is 2. The molecule has 130 valence electrons. The van der Waals surface area contributed by atoms with Gasteiger partial charge < -0.3 is 14.4 Å². The molecule has 1 aromatic heterocycles. The standard InChI is InChI=1S/C19H21N3O3/c23-18(15-7-9-20-21-12-15)22-10-4-8-19(14-22)11-17(13-24-19)25-16-5-2-1-3-6-16/h1-3,5-7,9,12,17H,4,8,10-11,13-14H2/t17-,19-/m1/s1. The molecule has 25 heavy (non-hydrogen) atoms. The van der Waals surface area contributed by atoms with Crippen LogP contribution in [-0.2, 0) is 4.74 Å². The second-order valence-electron chi connectivity index (χ2n) is 6.71. The minimum absolute atomic E-state index is 0.00926. The number of aromatic nitrogens is 2. The van der Waals surface area contributed by atoms with Crippen molar-refractivity contribution in [2.45, 2.75) is 31.0 Å². The summed E-state index contributed by atoms with van der Waals surface area (Å²) in [5.74, 6) is 0.852. The number of carbonyl (C=O) groups excluding carboxylic acids is 1. The zero-order valence-corrected chi connectivity index (χ0v) is 14.0. The number of hydrogen-bond donors (Lipinski definition) is 0. The molecule has 2 atom stereocenters. The minimum Gasteiger partial charge on any atom is -0.488 e. The van der Waals surface area contributed by atoms with Gasteiger partial charge in [0.1, 0.15) is 11.9 Å². The Labute approximate surface area is 146 Å². The summed E-state index contributed by atoms with van der Waals surface area (Å²) in [5.41, 5.74) is 0.274. The smallest absolute Gasteiger partial charge is 0.255 e. The molecule has 3 heterocycles. The lowest BCUT2D eigenvalue weighted by atomic mass is 9.89. The Morgan fingerprint density at radius 3 is 2.92 bits per heavy atom. The van der Waals surface area contributed by atoms with Crippen molar-refractivity contribution in [1.29, 1.82) is 0 Å². The first-order valence-corrected chi connectivity index (χ1v) is 8.66. The highest BCUT2D eigenvalue weighted by Gasteiger charge is 2.45. The molecule has 0 bridgehead atoms. The van der Waals surface area contributed by atoms with Crippen molar-refractivity contribution >= 4 is 5.91 Å². The molecule has 0 saturated carbocycles. The van der Waals surface area contributed by atoms with E-state index >= 15 is 0 Å². The lowest BCUT2D eigenvalue weighted by Crippen LogP contribution is -2.50. The second-order valence-corrected chi connectivity index (χ2v) is 6.71. The molecule has 2 aliphatic heterocycles. The Balaban J connectivity index is 1.42. The van der Waals surface area contributed by atoms with Gasteiger partial charge in [0.25, 0.3) is 5.91 Å². The van der Waals surface area contributed by atoms with Gasteiger partial charge in [0, 0.05) is 13.0 Å². The van der Waals surface area contributed by atoms with E-state index in [-0.39, 0.29) is 17.6 Å². The fraction of sp³-hybridized carbons (Fsp3) is 0.421. The summed E-state index contributed by atoms with van der Waals surface area (Å²) in [6.07, 6.45) is 5.78. The van der Waals surface area contributed by atoms with Crippen molar-refractivity contribution in [1.82, 2.24) is 15.1 Å². The monoisotopic (exact) mass is 339 g/mol. The molecule has 0 N–H and O–H groups in total. The third-order valence-electron chi connectivity index (χ3n) is 4.88. The van der Waals surface area contributed by atoms with Gasteiger partial charge in [-0.15, -0.1) is 0 Å². The van der Waals surface area contributed by atoms with Gasteiger partial charge >= 0.3 is 0 Å². The predicted octanol–water partition coefficient (Wildman–Crippen LogP) is 2.32. The summed E-state index contributed by atoms with van der Waals surface area (Å²) in [6.45, 7) is 1.91. The SMILES string of the molecule is O=C(c1ccnnc1)N1CCC[C@@]2(C[C@@H](Oc3ccccc3)CO2)C1. The third kappa shape index (κ3) is 3.49. The number of benzene rings is 1. The average molecular weight is 339 g/mol. The Morgan fingerprint density at radius 1 is 1.24 bits per heavy atom. The molecular weight excluding hydrogens is 318 g/mol. The van der Waals surface area contributed by atoms with Gasteiger partial charge in [-0.25, -0.2) is 0 Å². The average Bonchev–Trinajstić information content (AvgIpc) is 3.04. The number of likely N-dealkylation sites (tertiary alicyclic amines) is 1. The van der Waals surface area contributed by atoms with E-state index in [1.165, 1.54) is 6.20 Å².